The van der Waals surface area contributed by atoms with Crippen LogP contribution in [0.3, 0.4) is 0 Å². The molecule has 1 aliphatic rings. The molecule has 6 nitrogen and oxygen atoms in total. The number of nitrogens with zero attached hydrogens (tertiary/aromatic N) is 3. The van der Waals surface area contributed by atoms with Crippen molar-refractivity contribution in [2.24, 2.45) is 5.73 Å². The lowest BCUT2D eigenvalue weighted by Crippen LogP contribution is -2.42. The first-order chi connectivity index (χ1) is 8.20. The molecular formula is C11H21N5O. The minimum Gasteiger partial charge on any atom is -0.367 e. The lowest BCUT2D eigenvalue weighted by molar-refractivity contribution is -0.0441. The van der Waals surface area contributed by atoms with E-state index in [1.54, 1.807) is 0 Å². The van der Waals surface area contributed by atoms with Crippen LogP contribution in [0.1, 0.15) is 31.6 Å². The third-order valence-electron chi connectivity index (χ3n) is 3.05. The maximum Gasteiger partial charge on any atom is 0.180 e. The summed E-state index contributed by atoms with van der Waals surface area (Å²) in [6.07, 6.45) is 0.710. The average molecular weight is 239 g/mol. The highest BCUT2D eigenvalue weighted by Gasteiger charge is 2.26. The normalized spacial score (nSPS) is 22.2. The van der Waals surface area contributed by atoms with Crippen LogP contribution in [0.15, 0.2) is 0 Å². The summed E-state index contributed by atoms with van der Waals surface area (Å²) >= 11 is 0. The molecule has 1 unspecified atom stereocenters. The summed E-state index contributed by atoms with van der Waals surface area (Å²) in [7, 11) is 0. The van der Waals surface area contributed by atoms with E-state index in [0.29, 0.717) is 12.6 Å². The second-order valence-electron chi connectivity index (χ2n) is 4.63. The summed E-state index contributed by atoms with van der Waals surface area (Å²) in [6.45, 7) is 7.55. The Morgan fingerprint density at radius 2 is 2.41 bits per heavy atom. The monoisotopic (exact) mass is 239 g/mol. The van der Waals surface area contributed by atoms with Crippen molar-refractivity contribution in [3.05, 3.63) is 11.6 Å². The molecule has 6 heteroatoms. The fourth-order valence-corrected chi connectivity index (χ4v) is 2.00. The summed E-state index contributed by atoms with van der Waals surface area (Å²) < 4.78 is 5.72. The quantitative estimate of drug-likeness (QED) is 0.778. The van der Waals surface area contributed by atoms with Crippen LogP contribution in [-0.2, 0) is 11.2 Å². The Morgan fingerprint density at radius 3 is 3.12 bits per heavy atom. The van der Waals surface area contributed by atoms with Gasteiger partial charge in [-0.2, -0.15) is 5.10 Å². The molecule has 1 saturated heterocycles. The fraction of sp³-hybridized carbons (Fsp3) is 0.818. The van der Waals surface area contributed by atoms with E-state index in [9.17, 15) is 0 Å². The number of rotatable bonds is 4. The van der Waals surface area contributed by atoms with Crippen molar-refractivity contribution in [3.8, 4) is 0 Å². The highest BCUT2D eigenvalue weighted by atomic mass is 16.5. The number of nitrogens with two attached hydrogens (primary N) is 1. The van der Waals surface area contributed by atoms with Crippen LogP contribution in [0.2, 0.25) is 0 Å². The van der Waals surface area contributed by atoms with Gasteiger partial charge < -0.3 is 10.5 Å². The lowest BCUT2D eigenvalue weighted by atomic mass is 10.2. The molecule has 17 heavy (non-hydrogen) atoms. The molecule has 0 amide bonds. The Kier molecular flexibility index (Phi) is 4.09. The number of morpholine rings is 1. The molecule has 1 aliphatic heterocycles. The molecule has 0 aromatic carbocycles. The topological polar surface area (TPSA) is 80.1 Å². The summed E-state index contributed by atoms with van der Waals surface area (Å²) in [6, 6.07) is 0.531. The Labute approximate surface area is 102 Å². The Hall–Kier alpha value is -0.980. The van der Waals surface area contributed by atoms with E-state index >= 15 is 0 Å². The number of aromatic amines is 1. The molecular weight excluding hydrogens is 218 g/mol. The molecule has 0 radical (unpaired) electrons. The van der Waals surface area contributed by atoms with Gasteiger partial charge in [0.1, 0.15) is 11.9 Å². The highest BCUT2D eigenvalue weighted by molar-refractivity contribution is 4.97. The smallest absolute Gasteiger partial charge is 0.180 e. The minimum atomic E-state index is -0.0195. The number of nitrogens with one attached hydrogen (secondary N) is 1. The fourth-order valence-electron chi connectivity index (χ4n) is 2.00. The first-order valence-corrected chi connectivity index (χ1v) is 6.17. The zero-order valence-electron chi connectivity index (χ0n) is 10.5. The SMILES string of the molecule is CC(C)N1CCOC(c2n[nH]c(CCN)n2)C1. The van der Waals surface area contributed by atoms with Gasteiger partial charge >= 0.3 is 0 Å². The van der Waals surface area contributed by atoms with Crippen molar-refractivity contribution in [2.45, 2.75) is 32.4 Å². The van der Waals surface area contributed by atoms with E-state index in [0.717, 1.165) is 37.8 Å². The maximum atomic E-state index is 5.72. The average Bonchev–Trinajstić information content (AvgIpc) is 2.78. The highest BCUT2D eigenvalue weighted by Crippen LogP contribution is 2.20. The number of H-pyrrole nitrogens is 1. The number of hydrogen-bond acceptors (Lipinski definition) is 5. The van der Waals surface area contributed by atoms with Gasteiger partial charge in [-0.05, 0) is 20.4 Å². The van der Waals surface area contributed by atoms with Crippen LogP contribution in [-0.4, -0.2) is 52.4 Å². The van der Waals surface area contributed by atoms with Crippen LogP contribution in [0, 0.1) is 0 Å². The van der Waals surface area contributed by atoms with Gasteiger partial charge in [0, 0.05) is 25.6 Å². The van der Waals surface area contributed by atoms with E-state index in [2.05, 4.69) is 33.9 Å². The van der Waals surface area contributed by atoms with E-state index < -0.39 is 0 Å². The van der Waals surface area contributed by atoms with Gasteiger partial charge in [-0.25, -0.2) is 4.98 Å². The molecule has 1 aromatic heterocycles. The van der Waals surface area contributed by atoms with Gasteiger partial charge in [0.15, 0.2) is 5.82 Å². The Balaban J connectivity index is 2.00. The van der Waals surface area contributed by atoms with E-state index in [1.807, 2.05) is 0 Å². The Morgan fingerprint density at radius 1 is 1.59 bits per heavy atom. The van der Waals surface area contributed by atoms with Crippen LogP contribution < -0.4 is 5.73 Å². The molecule has 3 N–H and O–H groups in total. The second kappa shape index (κ2) is 5.57. The van der Waals surface area contributed by atoms with Crippen molar-refractivity contribution in [3.63, 3.8) is 0 Å². The molecule has 1 fully saturated rings. The van der Waals surface area contributed by atoms with Crippen molar-refractivity contribution < 1.29 is 4.74 Å². The predicted octanol–water partition coefficient (Wildman–Crippen LogP) is 0.0876. The first-order valence-electron chi connectivity index (χ1n) is 6.17. The van der Waals surface area contributed by atoms with Crippen LogP contribution in [0.4, 0.5) is 0 Å². The zero-order chi connectivity index (χ0) is 12.3. The predicted molar refractivity (Wildman–Crippen MR) is 64.5 cm³/mol. The lowest BCUT2D eigenvalue weighted by Gasteiger charge is -2.34. The van der Waals surface area contributed by atoms with Crippen molar-refractivity contribution in [1.29, 1.82) is 0 Å². The van der Waals surface area contributed by atoms with E-state index in [4.69, 9.17) is 10.5 Å². The molecule has 0 aliphatic carbocycles. The van der Waals surface area contributed by atoms with E-state index in [1.165, 1.54) is 0 Å². The molecule has 0 spiro atoms. The Bertz CT molecular complexity index is 351. The van der Waals surface area contributed by atoms with Gasteiger partial charge in [0.2, 0.25) is 0 Å². The molecule has 0 bridgehead atoms. The molecule has 1 aromatic rings. The summed E-state index contributed by atoms with van der Waals surface area (Å²) in [5.74, 6) is 1.59. The third-order valence-corrected chi connectivity index (χ3v) is 3.05. The van der Waals surface area contributed by atoms with Crippen LogP contribution in [0.25, 0.3) is 0 Å². The van der Waals surface area contributed by atoms with Crippen molar-refractivity contribution in [1.82, 2.24) is 20.1 Å². The van der Waals surface area contributed by atoms with Crippen LogP contribution >= 0.6 is 0 Å². The zero-order valence-corrected chi connectivity index (χ0v) is 10.5. The maximum absolute atomic E-state index is 5.72. The summed E-state index contributed by atoms with van der Waals surface area (Å²) in [4.78, 5) is 6.80. The van der Waals surface area contributed by atoms with Gasteiger partial charge in [-0.1, -0.05) is 0 Å². The van der Waals surface area contributed by atoms with Crippen molar-refractivity contribution in [2.75, 3.05) is 26.2 Å². The number of hydrogen-bond donors (Lipinski definition) is 2. The minimum absolute atomic E-state index is 0.0195. The van der Waals surface area contributed by atoms with Gasteiger partial charge in [0.25, 0.3) is 0 Å². The second-order valence-corrected chi connectivity index (χ2v) is 4.63. The summed E-state index contributed by atoms with van der Waals surface area (Å²) in [5.41, 5.74) is 5.48. The standard InChI is InChI=1S/C11H21N5O/c1-8(2)16-5-6-17-9(7-16)11-13-10(3-4-12)14-15-11/h8-9H,3-7,12H2,1-2H3,(H,13,14,15). The molecule has 1 atom stereocenters. The van der Waals surface area contributed by atoms with Gasteiger partial charge in [-0.15, -0.1) is 0 Å². The van der Waals surface area contributed by atoms with Crippen molar-refractivity contribution >= 4 is 0 Å². The van der Waals surface area contributed by atoms with Gasteiger partial charge in [-0.3, -0.25) is 10.00 Å². The summed E-state index contributed by atoms with van der Waals surface area (Å²) in [5, 5.41) is 7.12. The molecule has 2 heterocycles. The molecule has 0 saturated carbocycles. The van der Waals surface area contributed by atoms with E-state index in [-0.39, 0.29) is 6.10 Å². The number of aromatic nitrogens is 3. The largest absolute Gasteiger partial charge is 0.367 e. The molecule has 2 rings (SSSR count). The number of ether oxygens (including phenoxy) is 1. The van der Waals surface area contributed by atoms with Gasteiger partial charge in [0.05, 0.1) is 6.61 Å². The first kappa shape index (κ1) is 12.5. The third kappa shape index (κ3) is 3.02. The molecule has 96 valence electrons. The van der Waals surface area contributed by atoms with Crippen LogP contribution in [0.5, 0.6) is 0 Å².